The molecule has 0 bridgehead atoms. The molecule has 172 valence electrons. The summed E-state index contributed by atoms with van der Waals surface area (Å²) in [5, 5.41) is 11.8. The van der Waals surface area contributed by atoms with Gasteiger partial charge in [-0.05, 0) is 44.0 Å². The molecular weight excluding hydrogens is 462 g/mol. The van der Waals surface area contributed by atoms with Gasteiger partial charge >= 0.3 is 12.1 Å². The first-order valence-electron chi connectivity index (χ1n) is 10.6. The second-order valence-corrected chi connectivity index (χ2v) is 9.23. The number of aromatic nitrogens is 1. The van der Waals surface area contributed by atoms with Gasteiger partial charge in [-0.1, -0.05) is 47.2 Å². The number of nitrogens with zero attached hydrogens (tertiary/aromatic N) is 3. The predicted octanol–water partition coefficient (Wildman–Crippen LogP) is 5.71. The molecule has 7 nitrogen and oxygen atoms in total. The van der Waals surface area contributed by atoms with E-state index in [9.17, 15) is 14.7 Å². The van der Waals surface area contributed by atoms with E-state index < -0.39 is 12.1 Å². The highest BCUT2D eigenvalue weighted by atomic mass is 35.5. The number of anilines is 2. The number of para-hydroxylation sites is 1. The lowest BCUT2D eigenvalue weighted by molar-refractivity contribution is 0.0697. The topological polar surface area (TPSA) is 83.0 Å². The molecule has 1 unspecified atom stereocenters. The number of hydrogen-bond donors (Lipinski definition) is 1. The van der Waals surface area contributed by atoms with Crippen molar-refractivity contribution in [2.24, 2.45) is 0 Å². The molecule has 1 N–H and O–H groups in total. The number of aryl methyl sites for hydroxylation is 1. The number of methoxy groups -OCH3 is 1. The van der Waals surface area contributed by atoms with Gasteiger partial charge < -0.3 is 14.7 Å². The molecule has 3 aromatic rings. The molecule has 1 aliphatic heterocycles. The van der Waals surface area contributed by atoms with E-state index >= 15 is 0 Å². The van der Waals surface area contributed by atoms with E-state index in [1.807, 2.05) is 48.2 Å². The van der Waals surface area contributed by atoms with Gasteiger partial charge in [-0.15, -0.1) is 0 Å². The molecule has 0 saturated carbocycles. The Morgan fingerprint density at radius 1 is 1.21 bits per heavy atom. The number of piperidine rings is 1. The summed E-state index contributed by atoms with van der Waals surface area (Å²) < 4.78 is 5.14. The molecule has 0 radical (unpaired) electrons. The van der Waals surface area contributed by atoms with Crippen LogP contribution in [0.15, 0.2) is 48.5 Å². The van der Waals surface area contributed by atoms with Crippen LogP contribution >= 0.6 is 22.9 Å². The van der Waals surface area contributed by atoms with Crippen LogP contribution in [-0.2, 0) is 4.74 Å². The van der Waals surface area contributed by atoms with Crippen LogP contribution in [0.2, 0.25) is 5.02 Å². The van der Waals surface area contributed by atoms with Crippen LogP contribution in [-0.4, -0.2) is 48.4 Å². The Bertz CT molecular complexity index is 1160. The third kappa shape index (κ3) is 4.82. The summed E-state index contributed by atoms with van der Waals surface area (Å²) in [6, 6.07) is 14.2. The normalized spacial score (nSPS) is 15.8. The Morgan fingerprint density at radius 3 is 2.64 bits per heavy atom. The first-order chi connectivity index (χ1) is 15.9. The van der Waals surface area contributed by atoms with Crippen molar-refractivity contribution in [1.82, 2.24) is 4.98 Å². The van der Waals surface area contributed by atoms with Crippen LogP contribution in [0.5, 0.6) is 0 Å². The lowest BCUT2D eigenvalue weighted by Crippen LogP contribution is -2.51. The average molecular weight is 486 g/mol. The molecule has 0 aliphatic carbocycles. The number of carbonyl (C=O) groups excluding carboxylic acids is 1. The molecule has 9 heteroatoms. The summed E-state index contributed by atoms with van der Waals surface area (Å²) in [5.74, 6) is -0.969. The summed E-state index contributed by atoms with van der Waals surface area (Å²) in [6.07, 6.45) is 1.13. The van der Waals surface area contributed by atoms with Crippen molar-refractivity contribution in [3.8, 4) is 10.6 Å². The first kappa shape index (κ1) is 23.1. The smallest absolute Gasteiger partial charge is 0.415 e. The van der Waals surface area contributed by atoms with Gasteiger partial charge in [-0.25, -0.2) is 14.6 Å². The van der Waals surface area contributed by atoms with Gasteiger partial charge in [0.2, 0.25) is 0 Å². The number of aromatic carboxylic acids is 1. The highest BCUT2D eigenvalue weighted by Crippen LogP contribution is 2.38. The Kier molecular flexibility index (Phi) is 6.85. The zero-order valence-corrected chi connectivity index (χ0v) is 19.9. The van der Waals surface area contributed by atoms with E-state index in [2.05, 4.69) is 0 Å². The first-order valence-corrected chi connectivity index (χ1v) is 11.8. The molecule has 33 heavy (non-hydrogen) atoms. The van der Waals surface area contributed by atoms with Crippen LogP contribution in [0, 0.1) is 6.92 Å². The fourth-order valence-electron chi connectivity index (χ4n) is 4.14. The van der Waals surface area contributed by atoms with Crippen molar-refractivity contribution in [3.05, 3.63) is 64.8 Å². The lowest BCUT2D eigenvalue weighted by Gasteiger charge is -2.39. The van der Waals surface area contributed by atoms with Crippen molar-refractivity contribution in [3.63, 3.8) is 0 Å². The van der Waals surface area contributed by atoms with Gasteiger partial charge in [0.25, 0.3) is 0 Å². The number of halogens is 1. The van der Waals surface area contributed by atoms with E-state index in [1.165, 1.54) is 18.4 Å². The highest BCUT2D eigenvalue weighted by Gasteiger charge is 2.34. The number of rotatable bonds is 5. The predicted molar refractivity (Wildman–Crippen MR) is 131 cm³/mol. The SMILES string of the molecule is COC(=O)N(c1sc(-c2ccc(Cl)cc2)nc1C)C1CCCN(c2ccccc2C(=O)O)C1. The third-order valence-electron chi connectivity index (χ3n) is 5.69. The van der Waals surface area contributed by atoms with Crippen LogP contribution in [0.3, 0.4) is 0 Å². The molecule has 2 heterocycles. The molecule has 1 atom stereocenters. The number of amides is 1. The number of carboxylic acid groups (broad SMARTS) is 1. The van der Waals surface area contributed by atoms with Crippen molar-refractivity contribution in [2.45, 2.75) is 25.8 Å². The van der Waals surface area contributed by atoms with E-state index in [0.29, 0.717) is 23.8 Å². The summed E-state index contributed by atoms with van der Waals surface area (Å²) >= 11 is 7.44. The van der Waals surface area contributed by atoms with E-state index in [1.54, 1.807) is 17.0 Å². The van der Waals surface area contributed by atoms with Crippen LogP contribution in [0.25, 0.3) is 10.6 Å². The highest BCUT2D eigenvalue weighted by molar-refractivity contribution is 7.19. The van der Waals surface area contributed by atoms with Gasteiger partial charge in [-0.2, -0.15) is 0 Å². The second kappa shape index (κ2) is 9.80. The Balaban J connectivity index is 1.67. The summed E-state index contributed by atoms with van der Waals surface area (Å²) in [6.45, 7) is 3.09. The molecule has 1 fully saturated rings. The molecule has 1 aromatic heterocycles. The molecular formula is C24H24ClN3O4S. The lowest BCUT2D eigenvalue weighted by atomic mass is 10.0. The standard InChI is InChI=1S/C24H24ClN3O4S/c1-15-22(33-21(26-15)16-9-11-17(25)12-10-16)28(24(31)32-2)18-6-5-13-27(14-18)20-8-4-3-7-19(20)23(29)30/h3-4,7-12,18H,5-6,13-14H2,1-2H3,(H,29,30). The maximum absolute atomic E-state index is 12.9. The second-order valence-electron chi connectivity index (χ2n) is 7.82. The van der Waals surface area contributed by atoms with Gasteiger partial charge in [0, 0.05) is 23.7 Å². The number of hydrogen-bond acceptors (Lipinski definition) is 6. The van der Waals surface area contributed by atoms with Crippen molar-refractivity contribution in [2.75, 3.05) is 30.0 Å². The largest absolute Gasteiger partial charge is 0.478 e. The molecule has 1 aliphatic rings. The minimum absolute atomic E-state index is 0.190. The molecule has 0 spiro atoms. The van der Waals surface area contributed by atoms with Crippen LogP contribution < -0.4 is 9.80 Å². The Morgan fingerprint density at radius 2 is 1.94 bits per heavy atom. The number of carboxylic acids is 1. The van der Waals surface area contributed by atoms with Crippen molar-refractivity contribution < 1.29 is 19.4 Å². The monoisotopic (exact) mass is 485 g/mol. The summed E-state index contributed by atoms with van der Waals surface area (Å²) in [5.41, 5.74) is 2.56. The maximum Gasteiger partial charge on any atom is 0.415 e. The number of benzene rings is 2. The van der Waals surface area contributed by atoms with E-state index in [-0.39, 0.29) is 11.6 Å². The quantitative estimate of drug-likeness (QED) is 0.498. The van der Waals surface area contributed by atoms with Gasteiger partial charge in [0.05, 0.1) is 30.1 Å². The van der Waals surface area contributed by atoms with Gasteiger partial charge in [-0.3, -0.25) is 4.90 Å². The fraction of sp³-hybridized carbons (Fsp3) is 0.292. The minimum Gasteiger partial charge on any atom is -0.478 e. The Labute approximate surface area is 201 Å². The molecule has 1 amide bonds. The zero-order chi connectivity index (χ0) is 23.5. The van der Waals surface area contributed by atoms with Gasteiger partial charge in [0.15, 0.2) is 0 Å². The van der Waals surface area contributed by atoms with Crippen LogP contribution in [0.4, 0.5) is 15.5 Å². The maximum atomic E-state index is 12.9. The Hall–Kier alpha value is -3.10. The number of ether oxygens (including phenoxy) is 1. The zero-order valence-electron chi connectivity index (χ0n) is 18.3. The molecule has 1 saturated heterocycles. The molecule has 4 rings (SSSR count). The third-order valence-corrected chi connectivity index (χ3v) is 7.15. The molecule has 2 aromatic carbocycles. The van der Waals surface area contributed by atoms with Crippen LogP contribution in [0.1, 0.15) is 28.9 Å². The van der Waals surface area contributed by atoms with Crippen molar-refractivity contribution in [1.29, 1.82) is 0 Å². The van der Waals surface area contributed by atoms with Gasteiger partial charge in [0.1, 0.15) is 10.0 Å². The number of thiazole rings is 1. The summed E-state index contributed by atoms with van der Waals surface area (Å²) in [7, 11) is 1.37. The average Bonchev–Trinajstić information content (AvgIpc) is 3.20. The minimum atomic E-state index is -0.969. The van der Waals surface area contributed by atoms with E-state index in [4.69, 9.17) is 21.3 Å². The van der Waals surface area contributed by atoms with E-state index in [0.717, 1.165) is 34.1 Å². The van der Waals surface area contributed by atoms with Crippen molar-refractivity contribution >= 4 is 45.7 Å². The summed E-state index contributed by atoms with van der Waals surface area (Å²) in [4.78, 5) is 33.1. The fourth-order valence-corrected chi connectivity index (χ4v) is 5.40. The number of carbonyl (C=O) groups is 2.